The number of rotatable bonds is 5. The average Bonchev–Trinajstić information content (AvgIpc) is 2.01. The number of methoxy groups -OCH3 is 1. The van der Waals surface area contributed by atoms with Crippen molar-refractivity contribution in [2.24, 2.45) is 0 Å². The summed E-state index contributed by atoms with van der Waals surface area (Å²) in [6.07, 6.45) is 2.74. The fraction of sp³-hybridized carbons (Fsp3) is 0.500. The Labute approximate surface area is 71.2 Å². The van der Waals surface area contributed by atoms with Gasteiger partial charge in [0.25, 0.3) is 0 Å². The summed E-state index contributed by atoms with van der Waals surface area (Å²) in [6, 6.07) is 0. The van der Waals surface area contributed by atoms with Crippen molar-refractivity contribution < 1.29 is 19.1 Å². The Hall–Kier alpha value is -1.16. The first-order valence-corrected chi connectivity index (χ1v) is 3.48. The van der Waals surface area contributed by atoms with Crippen LogP contribution in [0.15, 0.2) is 12.2 Å². The largest absolute Gasteiger partial charge is 0.455 e. The number of hydrogen-bond acceptors (Lipinski definition) is 4. The molecule has 0 heterocycles. The third-order valence-electron chi connectivity index (χ3n) is 0.935. The smallest absolute Gasteiger partial charge is 0.330 e. The molecule has 0 saturated carbocycles. The van der Waals surface area contributed by atoms with Gasteiger partial charge in [-0.2, -0.15) is 0 Å². The van der Waals surface area contributed by atoms with Crippen LogP contribution in [-0.4, -0.2) is 32.1 Å². The Morgan fingerprint density at radius 3 is 2.58 bits per heavy atom. The van der Waals surface area contributed by atoms with Crippen LogP contribution in [0.4, 0.5) is 0 Å². The van der Waals surface area contributed by atoms with Gasteiger partial charge in [-0.05, 0) is 6.92 Å². The van der Waals surface area contributed by atoms with Crippen LogP contribution >= 0.6 is 0 Å². The molecular formula is C8H12O4. The molecule has 0 rings (SSSR count). The lowest BCUT2D eigenvalue weighted by molar-refractivity contribution is -0.142. The summed E-state index contributed by atoms with van der Waals surface area (Å²) in [5, 5.41) is 0. The number of ketones is 1. The van der Waals surface area contributed by atoms with Gasteiger partial charge in [0.2, 0.25) is 0 Å². The molecule has 0 aliphatic carbocycles. The highest BCUT2D eigenvalue weighted by molar-refractivity contribution is 5.85. The lowest BCUT2D eigenvalue weighted by Crippen LogP contribution is -2.08. The molecule has 0 spiro atoms. The highest BCUT2D eigenvalue weighted by Gasteiger charge is 1.97. The van der Waals surface area contributed by atoms with Crippen LogP contribution < -0.4 is 0 Å². The van der Waals surface area contributed by atoms with E-state index >= 15 is 0 Å². The van der Waals surface area contributed by atoms with Crippen LogP contribution in [0.25, 0.3) is 0 Å². The second-order valence-electron chi connectivity index (χ2n) is 2.17. The number of Topliss-reactive ketones (excluding diaryl/α,β-unsaturated/α-hetero) is 1. The molecule has 0 atom stereocenters. The van der Waals surface area contributed by atoms with Crippen LogP contribution in [0.1, 0.15) is 6.92 Å². The van der Waals surface area contributed by atoms with Crippen LogP contribution in [0.3, 0.4) is 0 Å². The van der Waals surface area contributed by atoms with E-state index in [9.17, 15) is 9.59 Å². The van der Waals surface area contributed by atoms with Crippen molar-refractivity contribution in [2.45, 2.75) is 6.92 Å². The van der Waals surface area contributed by atoms with E-state index in [1.807, 2.05) is 0 Å². The summed E-state index contributed by atoms with van der Waals surface area (Å²) in [5.41, 5.74) is 0. The molecule has 0 N–H and O–H groups in total. The topological polar surface area (TPSA) is 52.6 Å². The van der Waals surface area contributed by atoms with Crippen molar-refractivity contribution in [3.8, 4) is 0 Å². The quantitative estimate of drug-likeness (QED) is 0.442. The normalized spacial score (nSPS) is 10.2. The molecule has 0 aromatic rings. The lowest BCUT2D eigenvalue weighted by Gasteiger charge is -1.96. The molecule has 0 aromatic heterocycles. The first-order chi connectivity index (χ1) is 5.66. The zero-order chi connectivity index (χ0) is 9.40. The Morgan fingerprint density at radius 1 is 1.42 bits per heavy atom. The number of hydrogen-bond donors (Lipinski definition) is 0. The number of carbonyl (C=O) groups excluding carboxylic acids is 2. The van der Waals surface area contributed by atoms with Crippen LogP contribution in [-0.2, 0) is 19.1 Å². The van der Waals surface area contributed by atoms with Gasteiger partial charge in [0, 0.05) is 13.2 Å². The molecule has 0 amide bonds. The summed E-state index contributed by atoms with van der Waals surface area (Å²) >= 11 is 0. The molecule has 0 aliphatic heterocycles. The molecule has 0 unspecified atom stereocenters. The van der Waals surface area contributed by atoms with Crippen molar-refractivity contribution in [3.63, 3.8) is 0 Å². The van der Waals surface area contributed by atoms with Gasteiger partial charge in [0.15, 0.2) is 5.78 Å². The third-order valence-corrected chi connectivity index (χ3v) is 0.935. The molecule has 0 aliphatic rings. The second-order valence-corrected chi connectivity index (χ2v) is 2.17. The van der Waals surface area contributed by atoms with E-state index in [0.29, 0.717) is 6.61 Å². The first kappa shape index (κ1) is 10.8. The molecule has 0 aromatic carbocycles. The van der Waals surface area contributed by atoms with Gasteiger partial charge in [0.1, 0.15) is 6.61 Å². The minimum atomic E-state index is -0.526. The maximum atomic E-state index is 10.7. The number of esters is 1. The maximum Gasteiger partial charge on any atom is 0.330 e. The van der Waals surface area contributed by atoms with E-state index in [2.05, 4.69) is 9.47 Å². The van der Waals surface area contributed by atoms with Crippen LogP contribution in [0.5, 0.6) is 0 Å². The van der Waals surface area contributed by atoms with E-state index < -0.39 is 5.97 Å². The minimum absolute atomic E-state index is 0.170. The minimum Gasteiger partial charge on any atom is -0.455 e. The molecule has 4 nitrogen and oxygen atoms in total. The predicted molar refractivity (Wildman–Crippen MR) is 42.7 cm³/mol. The predicted octanol–water partition coefficient (Wildman–Crippen LogP) is 0.321. The summed E-state index contributed by atoms with van der Waals surface area (Å²) < 4.78 is 9.18. The van der Waals surface area contributed by atoms with Gasteiger partial charge < -0.3 is 9.47 Å². The van der Waals surface area contributed by atoms with Gasteiger partial charge in [-0.3, -0.25) is 4.79 Å². The van der Waals surface area contributed by atoms with Gasteiger partial charge in [-0.1, -0.05) is 6.08 Å². The third kappa shape index (κ3) is 6.95. The number of ether oxygens (including phenoxy) is 2. The monoisotopic (exact) mass is 172 g/mol. The van der Waals surface area contributed by atoms with E-state index in [1.165, 1.54) is 26.2 Å². The summed E-state index contributed by atoms with van der Waals surface area (Å²) in [7, 11) is 1.52. The zero-order valence-corrected chi connectivity index (χ0v) is 7.20. The summed E-state index contributed by atoms with van der Waals surface area (Å²) in [4.78, 5) is 21.1. The zero-order valence-electron chi connectivity index (χ0n) is 7.20. The fourth-order valence-electron chi connectivity index (χ4n) is 0.461. The van der Waals surface area contributed by atoms with Crippen LogP contribution in [0, 0.1) is 0 Å². The molecule has 0 radical (unpaired) electrons. The molecule has 68 valence electrons. The van der Waals surface area contributed by atoms with Gasteiger partial charge in [-0.15, -0.1) is 0 Å². The molecule has 0 fully saturated rings. The molecule has 12 heavy (non-hydrogen) atoms. The Kier molecular flexibility index (Phi) is 5.91. The average molecular weight is 172 g/mol. The van der Waals surface area contributed by atoms with Crippen molar-refractivity contribution >= 4 is 11.8 Å². The highest BCUT2D eigenvalue weighted by atomic mass is 16.5. The van der Waals surface area contributed by atoms with E-state index in [4.69, 9.17) is 0 Å². The summed E-state index contributed by atoms with van der Waals surface area (Å²) in [6.45, 7) is 1.54. The maximum absolute atomic E-state index is 10.7. The van der Waals surface area contributed by atoms with Gasteiger partial charge in [-0.25, -0.2) is 4.79 Å². The Balaban J connectivity index is 3.52. The Bertz CT molecular complexity index is 183. The van der Waals surface area contributed by atoms with Crippen LogP contribution in [0.2, 0.25) is 0 Å². The highest BCUT2D eigenvalue weighted by Crippen LogP contribution is 1.83. The molecule has 0 bridgehead atoms. The number of carbonyl (C=O) groups is 2. The fourth-order valence-corrected chi connectivity index (χ4v) is 0.461. The standard InChI is InChI=1S/C8H12O4/c1-7(9)6-12-8(10)4-3-5-11-2/h3-4H,5-6H2,1-2H3. The van der Waals surface area contributed by atoms with E-state index in [-0.39, 0.29) is 12.4 Å². The Morgan fingerprint density at radius 2 is 2.08 bits per heavy atom. The lowest BCUT2D eigenvalue weighted by atomic mass is 10.5. The second kappa shape index (κ2) is 6.54. The van der Waals surface area contributed by atoms with Crippen molar-refractivity contribution in [1.29, 1.82) is 0 Å². The van der Waals surface area contributed by atoms with Crippen molar-refractivity contribution in [3.05, 3.63) is 12.2 Å². The molecule has 0 saturated heterocycles. The SMILES string of the molecule is COCC=CC(=O)OCC(C)=O. The van der Waals surface area contributed by atoms with Crippen molar-refractivity contribution in [2.75, 3.05) is 20.3 Å². The van der Waals surface area contributed by atoms with E-state index in [1.54, 1.807) is 0 Å². The van der Waals surface area contributed by atoms with Gasteiger partial charge in [0.05, 0.1) is 6.61 Å². The van der Waals surface area contributed by atoms with Gasteiger partial charge >= 0.3 is 5.97 Å². The molecular weight excluding hydrogens is 160 g/mol. The molecule has 4 heteroatoms. The first-order valence-electron chi connectivity index (χ1n) is 3.48. The van der Waals surface area contributed by atoms with E-state index in [0.717, 1.165) is 0 Å². The van der Waals surface area contributed by atoms with Crippen molar-refractivity contribution in [1.82, 2.24) is 0 Å². The summed E-state index contributed by atoms with van der Waals surface area (Å²) in [5.74, 6) is -0.703.